The van der Waals surface area contributed by atoms with Crippen LogP contribution in [0, 0.1) is 11.6 Å². The van der Waals surface area contributed by atoms with Crippen molar-refractivity contribution in [3.05, 3.63) is 83.9 Å². The predicted molar refractivity (Wildman–Crippen MR) is 145 cm³/mol. The molecule has 39 heavy (non-hydrogen) atoms. The van der Waals surface area contributed by atoms with E-state index in [0.29, 0.717) is 67.1 Å². The zero-order valence-electron chi connectivity index (χ0n) is 20.9. The van der Waals surface area contributed by atoms with E-state index in [0.717, 1.165) is 11.6 Å². The summed E-state index contributed by atoms with van der Waals surface area (Å²) in [6.45, 7) is 3.35. The van der Waals surface area contributed by atoms with E-state index in [4.69, 9.17) is 14.7 Å². The number of halogens is 2. The lowest BCUT2D eigenvalue weighted by atomic mass is 10.0. The van der Waals surface area contributed by atoms with Crippen LogP contribution in [0.5, 0.6) is 0 Å². The summed E-state index contributed by atoms with van der Waals surface area (Å²) in [4.78, 5) is 23.7. The average Bonchev–Trinajstić information content (AvgIpc) is 3.59. The van der Waals surface area contributed by atoms with Crippen molar-refractivity contribution in [1.82, 2.24) is 29.5 Å². The first-order valence-corrected chi connectivity index (χ1v) is 12.7. The molecule has 0 amide bonds. The normalized spacial score (nSPS) is 14.1. The topological polar surface area (TPSA) is 96.8 Å². The Morgan fingerprint density at radius 1 is 0.923 bits per heavy atom. The maximum Gasteiger partial charge on any atom is 0.229 e. The van der Waals surface area contributed by atoms with Crippen molar-refractivity contribution in [2.45, 2.75) is 13.1 Å². The molecular formula is C28H24F2N8O. The van der Waals surface area contributed by atoms with E-state index in [2.05, 4.69) is 55.5 Å². The number of aromatic amines is 1. The molecule has 3 aromatic heterocycles. The molecule has 1 aliphatic heterocycles. The van der Waals surface area contributed by atoms with Crippen LogP contribution in [-0.2, 0) is 17.8 Å². The predicted octanol–water partition coefficient (Wildman–Crippen LogP) is 4.63. The maximum absolute atomic E-state index is 14.2. The van der Waals surface area contributed by atoms with Crippen LogP contribution in [0.4, 0.5) is 20.5 Å². The van der Waals surface area contributed by atoms with Crippen LogP contribution in [0.15, 0.2) is 60.9 Å². The van der Waals surface area contributed by atoms with E-state index in [1.54, 1.807) is 6.33 Å². The Hall–Kier alpha value is -4.64. The molecule has 11 heteroatoms. The lowest BCUT2D eigenvalue weighted by Crippen LogP contribution is -2.37. The molecule has 2 N–H and O–H groups in total. The standard InChI is InChI=1S/C28H24F2N8O/c29-20-8-9-21-24(23(20)30)34-22(33-21)14-31-26-25-27(36-28(35-26)37-10-12-39-13-11-37)38(16-32-25)15-18-6-3-5-17-4-1-2-7-19(17)18/h1-9,16H,10-15H2,(H,33,34)(H,31,35,36). The molecule has 7 rings (SSSR count). The Bertz CT molecular complexity index is 1820. The van der Waals surface area contributed by atoms with Gasteiger partial charge in [0.25, 0.3) is 0 Å². The molecule has 0 atom stereocenters. The minimum absolute atomic E-state index is 0.0343. The van der Waals surface area contributed by atoms with Crippen molar-refractivity contribution in [1.29, 1.82) is 0 Å². The molecule has 0 unspecified atom stereocenters. The van der Waals surface area contributed by atoms with Gasteiger partial charge in [0, 0.05) is 13.1 Å². The van der Waals surface area contributed by atoms with Gasteiger partial charge in [-0.25, -0.2) is 18.7 Å². The van der Waals surface area contributed by atoms with E-state index in [9.17, 15) is 8.78 Å². The average molecular weight is 527 g/mol. The van der Waals surface area contributed by atoms with Crippen LogP contribution in [0.1, 0.15) is 11.4 Å². The highest BCUT2D eigenvalue weighted by Crippen LogP contribution is 2.26. The minimum atomic E-state index is -0.971. The van der Waals surface area contributed by atoms with E-state index in [-0.39, 0.29) is 12.1 Å². The highest BCUT2D eigenvalue weighted by Gasteiger charge is 2.20. The summed E-state index contributed by atoms with van der Waals surface area (Å²) < 4.78 is 35.4. The molecule has 196 valence electrons. The first-order chi connectivity index (χ1) is 19.1. The van der Waals surface area contributed by atoms with E-state index < -0.39 is 11.6 Å². The van der Waals surface area contributed by atoms with Gasteiger partial charge in [-0.05, 0) is 28.5 Å². The van der Waals surface area contributed by atoms with Crippen LogP contribution in [0.3, 0.4) is 0 Å². The van der Waals surface area contributed by atoms with E-state index in [1.165, 1.54) is 16.8 Å². The van der Waals surface area contributed by atoms with Crippen molar-refractivity contribution in [3.63, 3.8) is 0 Å². The largest absolute Gasteiger partial charge is 0.378 e. The van der Waals surface area contributed by atoms with Gasteiger partial charge in [-0.15, -0.1) is 0 Å². The van der Waals surface area contributed by atoms with E-state index in [1.807, 2.05) is 16.7 Å². The van der Waals surface area contributed by atoms with Crippen molar-refractivity contribution < 1.29 is 13.5 Å². The molecule has 0 radical (unpaired) electrons. The Balaban J connectivity index is 1.26. The lowest BCUT2D eigenvalue weighted by molar-refractivity contribution is 0.122. The zero-order valence-corrected chi connectivity index (χ0v) is 20.9. The molecule has 0 spiro atoms. The Kier molecular flexibility index (Phi) is 5.77. The minimum Gasteiger partial charge on any atom is -0.378 e. The molecule has 1 saturated heterocycles. The second-order valence-corrected chi connectivity index (χ2v) is 9.45. The van der Waals surface area contributed by atoms with Crippen LogP contribution < -0.4 is 10.2 Å². The second kappa shape index (κ2) is 9.59. The number of anilines is 2. The first-order valence-electron chi connectivity index (χ1n) is 12.7. The number of nitrogens with zero attached hydrogens (tertiary/aromatic N) is 6. The van der Waals surface area contributed by atoms with Gasteiger partial charge in [0.05, 0.1) is 38.1 Å². The third-order valence-electron chi connectivity index (χ3n) is 6.98. The fourth-order valence-electron chi connectivity index (χ4n) is 5.01. The fraction of sp³-hybridized carbons (Fsp3) is 0.214. The number of nitrogens with one attached hydrogen (secondary N) is 2. The van der Waals surface area contributed by atoms with Crippen molar-refractivity contribution >= 4 is 44.7 Å². The van der Waals surface area contributed by atoms with Gasteiger partial charge in [0.1, 0.15) is 11.3 Å². The Morgan fingerprint density at radius 3 is 2.67 bits per heavy atom. The fourth-order valence-corrected chi connectivity index (χ4v) is 5.01. The molecule has 4 heterocycles. The van der Waals surface area contributed by atoms with Crippen molar-refractivity contribution in [2.75, 3.05) is 36.5 Å². The maximum atomic E-state index is 14.2. The highest BCUT2D eigenvalue weighted by atomic mass is 19.2. The molecule has 3 aromatic carbocycles. The summed E-state index contributed by atoms with van der Waals surface area (Å²) in [5, 5.41) is 5.64. The smallest absolute Gasteiger partial charge is 0.229 e. The summed E-state index contributed by atoms with van der Waals surface area (Å²) >= 11 is 0. The molecular weight excluding hydrogens is 502 g/mol. The zero-order chi connectivity index (χ0) is 26.3. The molecule has 1 fully saturated rings. The third-order valence-corrected chi connectivity index (χ3v) is 6.98. The first kappa shape index (κ1) is 23.5. The van der Waals surface area contributed by atoms with Crippen LogP contribution in [-0.4, -0.2) is 55.8 Å². The van der Waals surface area contributed by atoms with Crippen LogP contribution >= 0.6 is 0 Å². The quantitative estimate of drug-likeness (QED) is 0.327. The second-order valence-electron chi connectivity index (χ2n) is 9.45. The van der Waals surface area contributed by atoms with Gasteiger partial charge in [-0.2, -0.15) is 9.97 Å². The molecule has 1 aliphatic rings. The van der Waals surface area contributed by atoms with Crippen LogP contribution in [0.2, 0.25) is 0 Å². The number of benzene rings is 3. The van der Waals surface area contributed by atoms with Crippen LogP contribution in [0.25, 0.3) is 33.0 Å². The summed E-state index contributed by atoms with van der Waals surface area (Å²) in [6.07, 6.45) is 1.77. The monoisotopic (exact) mass is 526 g/mol. The lowest BCUT2D eigenvalue weighted by Gasteiger charge is -2.27. The number of imidazole rings is 2. The van der Waals surface area contributed by atoms with Gasteiger partial charge in [-0.1, -0.05) is 42.5 Å². The summed E-state index contributed by atoms with van der Waals surface area (Å²) in [5.74, 6) is -0.348. The number of hydrogen-bond acceptors (Lipinski definition) is 7. The SMILES string of the molecule is Fc1ccc2[nH]c(CNc3nc(N4CCOCC4)nc4c3ncn4Cc3cccc4ccccc34)nc2c1F. The highest BCUT2D eigenvalue weighted by molar-refractivity contribution is 5.87. The number of hydrogen-bond donors (Lipinski definition) is 2. The molecule has 0 saturated carbocycles. The van der Waals surface area contributed by atoms with Gasteiger partial charge in [-0.3, -0.25) is 0 Å². The van der Waals surface area contributed by atoms with E-state index >= 15 is 0 Å². The number of H-pyrrole nitrogens is 1. The number of ether oxygens (including phenoxy) is 1. The number of fused-ring (bicyclic) bond motifs is 3. The van der Waals surface area contributed by atoms with Gasteiger partial charge in [0.2, 0.25) is 5.95 Å². The molecule has 9 nitrogen and oxygen atoms in total. The Labute approximate surface area is 221 Å². The van der Waals surface area contributed by atoms with Gasteiger partial charge >= 0.3 is 0 Å². The summed E-state index contributed by atoms with van der Waals surface area (Å²) in [6, 6.07) is 17.1. The number of rotatable bonds is 6. The van der Waals surface area contributed by atoms with Crippen molar-refractivity contribution in [3.8, 4) is 0 Å². The summed E-state index contributed by atoms with van der Waals surface area (Å²) in [5.41, 5.74) is 2.85. The summed E-state index contributed by atoms with van der Waals surface area (Å²) in [7, 11) is 0. The third kappa shape index (κ3) is 4.30. The number of morpholine rings is 1. The molecule has 0 bridgehead atoms. The molecule has 6 aromatic rings. The van der Waals surface area contributed by atoms with Gasteiger partial charge in [0.15, 0.2) is 28.6 Å². The van der Waals surface area contributed by atoms with Crippen molar-refractivity contribution in [2.24, 2.45) is 0 Å². The van der Waals surface area contributed by atoms with Gasteiger partial charge < -0.3 is 24.5 Å². The number of aromatic nitrogens is 6. The Morgan fingerprint density at radius 2 is 1.77 bits per heavy atom. The molecule has 0 aliphatic carbocycles.